The number of rotatable bonds is 12. The van der Waals surface area contributed by atoms with Gasteiger partial charge < -0.3 is 15.8 Å². The lowest BCUT2D eigenvalue weighted by molar-refractivity contribution is 0.0943. The van der Waals surface area contributed by atoms with Crippen LogP contribution in [0.25, 0.3) is 0 Å². The molecule has 2 rings (SSSR count). The zero-order valence-electron chi connectivity index (χ0n) is 15.7. The second-order valence-corrected chi connectivity index (χ2v) is 6.94. The summed E-state index contributed by atoms with van der Waals surface area (Å²) in [6.45, 7) is 2.95. The third kappa shape index (κ3) is 6.87. The SMILES string of the molecule is CCCCCCCCCOc1ccc(C(=O)NC2(C(=N)N)CC2)cc1.Cl. The van der Waals surface area contributed by atoms with Gasteiger partial charge in [0.25, 0.3) is 5.91 Å². The molecule has 26 heavy (non-hydrogen) atoms. The van der Waals surface area contributed by atoms with Crippen molar-refractivity contribution in [2.24, 2.45) is 5.73 Å². The van der Waals surface area contributed by atoms with Crippen molar-refractivity contribution in [3.63, 3.8) is 0 Å². The lowest BCUT2D eigenvalue weighted by atomic mass is 10.1. The lowest BCUT2D eigenvalue weighted by Gasteiger charge is -2.15. The summed E-state index contributed by atoms with van der Waals surface area (Å²) in [5.41, 5.74) is 5.50. The van der Waals surface area contributed by atoms with Crippen LogP contribution in [0.15, 0.2) is 24.3 Å². The van der Waals surface area contributed by atoms with E-state index in [1.54, 1.807) is 12.1 Å². The second kappa shape index (κ2) is 11.1. The molecule has 146 valence electrons. The molecule has 0 unspecified atom stereocenters. The molecule has 1 aliphatic carbocycles. The minimum atomic E-state index is -0.608. The highest BCUT2D eigenvalue weighted by Gasteiger charge is 2.47. The number of nitrogens with two attached hydrogens (primary N) is 1. The Morgan fingerprint density at radius 3 is 2.23 bits per heavy atom. The highest BCUT2D eigenvalue weighted by Crippen LogP contribution is 2.35. The second-order valence-electron chi connectivity index (χ2n) is 6.94. The molecule has 0 bridgehead atoms. The van der Waals surface area contributed by atoms with Gasteiger partial charge in [-0.05, 0) is 43.5 Å². The largest absolute Gasteiger partial charge is 0.494 e. The van der Waals surface area contributed by atoms with E-state index in [1.807, 2.05) is 12.1 Å². The van der Waals surface area contributed by atoms with Gasteiger partial charge in [0.1, 0.15) is 11.6 Å². The van der Waals surface area contributed by atoms with E-state index in [9.17, 15) is 4.79 Å². The molecule has 0 aromatic heterocycles. The van der Waals surface area contributed by atoms with E-state index in [0.29, 0.717) is 12.2 Å². The van der Waals surface area contributed by atoms with Crippen molar-refractivity contribution in [3.8, 4) is 5.75 Å². The fourth-order valence-corrected chi connectivity index (χ4v) is 2.83. The number of halogens is 1. The summed E-state index contributed by atoms with van der Waals surface area (Å²) in [7, 11) is 0. The van der Waals surface area contributed by atoms with Gasteiger partial charge in [0.15, 0.2) is 0 Å². The third-order valence-electron chi connectivity index (χ3n) is 4.75. The summed E-state index contributed by atoms with van der Waals surface area (Å²) in [6.07, 6.45) is 10.3. The van der Waals surface area contributed by atoms with Crippen LogP contribution >= 0.6 is 12.4 Å². The maximum absolute atomic E-state index is 12.2. The van der Waals surface area contributed by atoms with Crippen LogP contribution < -0.4 is 15.8 Å². The molecule has 1 saturated carbocycles. The fourth-order valence-electron chi connectivity index (χ4n) is 2.83. The number of nitrogens with one attached hydrogen (secondary N) is 2. The summed E-state index contributed by atoms with van der Waals surface area (Å²) in [6, 6.07) is 7.16. The van der Waals surface area contributed by atoms with Crippen molar-refractivity contribution >= 4 is 24.1 Å². The Labute approximate surface area is 163 Å². The van der Waals surface area contributed by atoms with Gasteiger partial charge in [-0.2, -0.15) is 0 Å². The monoisotopic (exact) mass is 381 g/mol. The number of hydrogen-bond acceptors (Lipinski definition) is 3. The molecular weight excluding hydrogens is 350 g/mol. The lowest BCUT2D eigenvalue weighted by Crippen LogP contribution is -2.46. The van der Waals surface area contributed by atoms with Gasteiger partial charge >= 0.3 is 0 Å². The fraction of sp³-hybridized carbons (Fsp3) is 0.600. The molecule has 0 heterocycles. The quantitative estimate of drug-likeness (QED) is 0.284. The van der Waals surface area contributed by atoms with Crippen LogP contribution in [0.2, 0.25) is 0 Å². The number of hydrogen-bond donors (Lipinski definition) is 3. The first-order chi connectivity index (χ1) is 12.1. The van der Waals surface area contributed by atoms with E-state index in [2.05, 4.69) is 12.2 Å². The topological polar surface area (TPSA) is 88.2 Å². The normalized spacial score (nSPS) is 14.2. The zero-order valence-corrected chi connectivity index (χ0v) is 16.5. The van der Waals surface area contributed by atoms with Crippen LogP contribution in [0, 0.1) is 5.41 Å². The van der Waals surface area contributed by atoms with Crippen molar-refractivity contribution in [2.75, 3.05) is 6.61 Å². The van der Waals surface area contributed by atoms with E-state index < -0.39 is 5.54 Å². The van der Waals surface area contributed by atoms with Crippen LogP contribution in [0.1, 0.15) is 75.1 Å². The number of carbonyl (C=O) groups is 1. The molecule has 1 aromatic rings. The average Bonchev–Trinajstić information content (AvgIpc) is 3.38. The van der Waals surface area contributed by atoms with E-state index in [1.165, 1.54) is 38.5 Å². The Kier molecular flexibility index (Phi) is 9.49. The van der Waals surface area contributed by atoms with Gasteiger partial charge in [-0.1, -0.05) is 45.4 Å². The van der Waals surface area contributed by atoms with Crippen molar-refractivity contribution < 1.29 is 9.53 Å². The van der Waals surface area contributed by atoms with Crippen molar-refractivity contribution in [1.82, 2.24) is 5.32 Å². The van der Waals surface area contributed by atoms with E-state index in [0.717, 1.165) is 25.0 Å². The molecule has 1 aliphatic rings. The first kappa shape index (κ1) is 22.3. The van der Waals surface area contributed by atoms with Crippen LogP contribution in [-0.2, 0) is 0 Å². The van der Waals surface area contributed by atoms with Crippen LogP contribution in [0.4, 0.5) is 0 Å². The average molecular weight is 382 g/mol. The number of unbranched alkanes of at least 4 members (excludes halogenated alkanes) is 6. The summed E-state index contributed by atoms with van der Waals surface area (Å²) in [5, 5.41) is 10.4. The number of amidine groups is 1. The van der Waals surface area contributed by atoms with Crippen LogP contribution in [0.5, 0.6) is 5.75 Å². The standard InChI is InChI=1S/C20H31N3O2.ClH/c1-2-3-4-5-6-7-8-15-25-17-11-9-16(10-12-17)18(24)23-20(13-14-20)19(21)22;/h9-12H,2-8,13-15H2,1H3,(H3,21,22)(H,23,24);1H. The maximum atomic E-state index is 12.2. The van der Waals surface area contributed by atoms with Crippen LogP contribution in [0.3, 0.4) is 0 Å². The smallest absolute Gasteiger partial charge is 0.252 e. The van der Waals surface area contributed by atoms with Crippen LogP contribution in [-0.4, -0.2) is 23.9 Å². The van der Waals surface area contributed by atoms with Gasteiger partial charge in [-0.3, -0.25) is 10.2 Å². The van der Waals surface area contributed by atoms with Gasteiger partial charge in [-0.15, -0.1) is 12.4 Å². The highest BCUT2D eigenvalue weighted by molar-refractivity contribution is 6.01. The molecule has 0 aliphatic heterocycles. The molecule has 0 spiro atoms. The Balaban J connectivity index is 0.00000338. The molecule has 6 heteroatoms. The molecule has 1 amide bonds. The number of benzene rings is 1. The first-order valence-electron chi connectivity index (χ1n) is 9.47. The molecule has 0 saturated heterocycles. The third-order valence-corrected chi connectivity index (χ3v) is 4.75. The highest BCUT2D eigenvalue weighted by atomic mass is 35.5. The van der Waals surface area contributed by atoms with Gasteiger partial charge in [0, 0.05) is 5.56 Å². The Bertz CT molecular complexity index is 571. The van der Waals surface area contributed by atoms with Crippen molar-refractivity contribution in [1.29, 1.82) is 5.41 Å². The molecule has 5 nitrogen and oxygen atoms in total. The Morgan fingerprint density at radius 1 is 1.12 bits per heavy atom. The molecular formula is C20H32ClN3O2. The number of amides is 1. The molecule has 0 radical (unpaired) electrons. The Hall–Kier alpha value is -1.75. The predicted molar refractivity (Wildman–Crippen MR) is 109 cm³/mol. The Morgan fingerprint density at radius 2 is 1.69 bits per heavy atom. The number of carbonyl (C=O) groups excluding carboxylic acids is 1. The van der Waals surface area contributed by atoms with Gasteiger partial charge in [-0.25, -0.2) is 0 Å². The van der Waals surface area contributed by atoms with Gasteiger partial charge in [0.2, 0.25) is 0 Å². The van der Waals surface area contributed by atoms with Crippen molar-refractivity contribution in [3.05, 3.63) is 29.8 Å². The minimum absolute atomic E-state index is 0. The summed E-state index contributed by atoms with van der Waals surface area (Å²) < 4.78 is 5.73. The molecule has 1 aromatic carbocycles. The minimum Gasteiger partial charge on any atom is -0.494 e. The van der Waals surface area contributed by atoms with Gasteiger partial charge in [0.05, 0.1) is 12.1 Å². The van der Waals surface area contributed by atoms with Crippen molar-refractivity contribution in [2.45, 2.75) is 70.3 Å². The molecule has 1 fully saturated rings. The van der Waals surface area contributed by atoms with E-state index in [4.69, 9.17) is 15.9 Å². The predicted octanol–water partition coefficient (Wildman–Crippen LogP) is 4.44. The first-order valence-corrected chi connectivity index (χ1v) is 9.47. The summed E-state index contributed by atoms with van der Waals surface area (Å²) in [5.74, 6) is 0.636. The maximum Gasteiger partial charge on any atom is 0.252 e. The molecule has 0 atom stereocenters. The number of ether oxygens (including phenoxy) is 1. The summed E-state index contributed by atoms with van der Waals surface area (Å²) >= 11 is 0. The van der Waals surface area contributed by atoms with E-state index in [-0.39, 0.29) is 24.1 Å². The molecule has 4 N–H and O–H groups in total. The van der Waals surface area contributed by atoms with E-state index >= 15 is 0 Å². The zero-order chi connectivity index (χ0) is 18.1. The summed E-state index contributed by atoms with van der Waals surface area (Å²) in [4.78, 5) is 12.2.